The van der Waals surface area contributed by atoms with E-state index >= 15 is 0 Å². The minimum absolute atomic E-state index is 0.0638. The molecule has 1 aliphatic rings. The zero-order valence-electron chi connectivity index (χ0n) is 11.0. The lowest BCUT2D eigenvalue weighted by Gasteiger charge is -2.31. The van der Waals surface area contributed by atoms with Gasteiger partial charge in [-0.25, -0.2) is 9.97 Å². The molecule has 3 N–H and O–H groups in total. The minimum Gasteiger partial charge on any atom is -0.475 e. The van der Waals surface area contributed by atoms with Crippen molar-refractivity contribution >= 4 is 5.84 Å². The minimum atomic E-state index is -0.0638. The summed E-state index contributed by atoms with van der Waals surface area (Å²) in [4.78, 5) is 10.4. The van der Waals surface area contributed by atoms with Crippen molar-refractivity contribution in [3.05, 3.63) is 18.1 Å². The highest BCUT2D eigenvalue weighted by molar-refractivity contribution is 5.94. The van der Waals surface area contributed by atoms with Crippen LogP contribution in [0.3, 0.4) is 0 Å². The largest absolute Gasteiger partial charge is 0.475 e. The van der Waals surface area contributed by atoms with Crippen LogP contribution in [-0.4, -0.2) is 52.2 Å². The Morgan fingerprint density at radius 1 is 1.53 bits per heavy atom. The molecule has 1 fully saturated rings. The van der Waals surface area contributed by atoms with E-state index in [-0.39, 0.29) is 5.84 Å². The molecule has 0 saturated carbocycles. The second-order valence-corrected chi connectivity index (χ2v) is 4.67. The molecule has 2 rings (SSSR count). The first-order valence-corrected chi connectivity index (χ1v) is 6.33. The summed E-state index contributed by atoms with van der Waals surface area (Å²) in [5.41, 5.74) is 5.73. The van der Waals surface area contributed by atoms with Crippen LogP contribution in [0, 0.1) is 0 Å². The molecule has 0 aliphatic carbocycles. The average molecular weight is 265 g/mol. The molecule has 1 saturated heterocycles. The van der Waals surface area contributed by atoms with Crippen LogP contribution in [-0.2, 0) is 0 Å². The third-order valence-electron chi connectivity index (χ3n) is 3.34. The molecule has 104 valence electrons. The van der Waals surface area contributed by atoms with E-state index in [1.165, 1.54) is 25.2 Å². The van der Waals surface area contributed by atoms with Crippen molar-refractivity contribution in [2.45, 2.75) is 25.3 Å². The van der Waals surface area contributed by atoms with Gasteiger partial charge in [-0.1, -0.05) is 11.6 Å². The Labute approximate surface area is 112 Å². The lowest BCUT2D eigenvalue weighted by atomic mass is 10.0. The molecule has 2 heterocycles. The van der Waals surface area contributed by atoms with E-state index in [1.54, 1.807) is 0 Å². The van der Waals surface area contributed by atoms with Gasteiger partial charge in [0.05, 0.1) is 12.4 Å². The summed E-state index contributed by atoms with van der Waals surface area (Å²) in [6.45, 7) is 1.72. The van der Waals surface area contributed by atoms with E-state index in [2.05, 4.69) is 27.1 Å². The van der Waals surface area contributed by atoms with Crippen molar-refractivity contribution in [2.24, 2.45) is 10.9 Å². The first-order chi connectivity index (χ1) is 9.20. The fraction of sp³-hybridized carbons (Fsp3) is 0.583. The summed E-state index contributed by atoms with van der Waals surface area (Å²) in [5.74, 6) is 0.388. The number of amidine groups is 1. The molecule has 19 heavy (non-hydrogen) atoms. The lowest BCUT2D eigenvalue weighted by molar-refractivity contribution is 0.122. The number of nitrogens with zero attached hydrogens (tertiary/aromatic N) is 4. The third-order valence-corrected chi connectivity index (χ3v) is 3.34. The monoisotopic (exact) mass is 265 g/mol. The molecule has 0 radical (unpaired) electrons. The van der Waals surface area contributed by atoms with Crippen LogP contribution in [0.5, 0.6) is 5.88 Å². The lowest BCUT2D eigenvalue weighted by Crippen LogP contribution is -2.40. The second kappa shape index (κ2) is 6.33. The zero-order chi connectivity index (χ0) is 13.7. The maximum absolute atomic E-state index is 8.52. The number of piperidine rings is 1. The standard InChI is InChI=1S/C12H19N5O2/c1-17-5-3-2-4-9(17)8-19-11-7-14-10(6-15-11)12(13)16-18/h6-7,9,18H,2-5,8H2,1H3,(H2,13,16). The molecule has 1 unspecified atom stereocenters. The summed E-state index contributed by atoms with van der Waals surface area (Å²) in [7, 11) is 2.11. The van der Waals surface area contributed by atoms with Crippen LogP contribution >= 0.6 is 0 Å². The normalized spacial score (nSPS) is 21.3. The molecule has 1 aliphatic heterocycles. The molecular formula is C12H19N5O2. The van der Waals surface area contributed by atoms with Gasteiger partial charge in [0.15, 0.2) is 5.84 Å². The smallest absolute Gasteiger partial charge is 0.232 e. The Morgan fingerprint density at radius 3 is 3.00 bits per heavy atom. The predicted octanol–water partition coefficient (Wildman–Crippen LogP) is 0.434. The van der Waals surface area contributed by atoms with Crippen LogP contribution in [0.4, 0.5) is 0 Å². The van der Waals surface area contributed by atoms with E-state index in [0.717, 1.165) is 13.0 Å². The number of oxime groups is 1. The summed E-state index contributed by atoms with van der Waals surface area (Å²) in [6.07, 6.45) is 6.55. The molecule has 0 aromatic carbocycles. The number of likely N-dealkylation sites (tertiary alicyclic amines) is 1. The molecule has 1 aromatic rings. The number of aromatic nitrogens is 2. The van der Waals surface area contributed by atoms with E-state index in [0.29, 0.717) is 24.2 Å². The number of rotatable bonds is 4. The van der Waals surface area contributed by atoms with Gasteiger partial charge in [-0.05, 0) is 26.4 Å². The van der Waals surface area contributed by atoms with Crippen LogP contribution in [0.25, 0.3) is 0 Å². The highest BCUT2D eigenvalue weighted by Crippen LogP contribution is 2.16. The van der Waals surface area contributed by atoms with Crippen LogP contribution < -0.4 is 10.5 Å². The highest BCUT2D eigenvalue weighted by Gasteiger charge is 2.19. The predicted molar refractivity (Wildman–Crippen MR) is 70.3 cm³/mol. The Morgan fingerprint density at radius 2 is 2.37 bits per heavy atom. The number of likely N-dealkylation sites (N-methyl/N-ethyl adjacent to an activating group) is 1. The maximum Gasteiger partial charge on any atom is 0.232 e. The summed E-state index contributed by atoms with van der Waals surface area (Å²) in [5, 5.41) is 11.4. The van der Waals surface area contributed by atoms with E-state index < -0.39 is 0 Å². The first kappa shape index (κ1) is 13.5. The fourth-order valence-corrected chi connectivity index (χ4v) is 2.11. The third kappa shape index (κ3) is 3.54. The maximum atomic E-state index is 8.52. The number of hydrogen-bond acceptors (Lipinski definition) is 6. The molecule has 0 amide bonds. The first-order valence-electron chi connectivity index (χ1n) is 6.33. The van der Waals surface area contributed by atoms with Gasteiger partial charge in [0, 0.05) is 6.04 Å². The van der Waals surface area contributed by atoms with Crippen molar-refractivity contribution in [2.75, 3.05) is 20.2 Å². The van der Waals surface area contributed by atoms with Crippen LogP contribution in [0.15, 0.2) is 17.5 Å². The van der Waals surface area contributed by atoms with Crippen LogP contribution in [0.1, 0.15) is 25.0 Å². The van der Waals surface area contributed by atoms with Crippen molar-refractivity contribution in [3.63, 3.8) is 0 Å². The van der Waals surface area contributed by atoms with Gasteiger partial charge in [-0.2, -0.15) is 0 Å². The Balaban J connectivity index is 1.89. The molecule has 7 heteroatoms. The summed E-state index contributed by atoms with van der Waals surface area (Å²) in [6, 6.07) is 0.430. The van der Waals surface area contributed by atoms with Gasteiger partial charge >= 0.3 is 0 Å². The van der Waals surface area contributed by atoms with Gasteiger partial charge in [-0.15, -0.1) is 0 Å². The van der Waals surface area contributed by atoms with Crippen LogP contribution in [0.2, 0.25) is 0 Å². The molecular weight excluding hydrogens is 246 g/mol. The molecule has 1 aromatic heterocycles. The summed E-state index contributed by atoms with van der Waals surface area (Å²) >= 11 is 0. The van der Waals surface area contributed by atoms with Gasteiger partial charge in [0.1, 0.15) is 12.3 Å². The number of ether oxygens (including phenoxy) is 1. The highest BCUT2D eigenvalue weighted by atomic mass is 16.5. The second-order valence-electron chi connectivity index (χ2n) is 4.67. The van der Waals surface area contributed by atoms with Gasteiger partial charge < -0.3 is 20.6 Å². The van der Waals surface area contributed by atoms with E-state index in [1.807, 2.05) is 0 Å². The molecule has 0 spiro atoms. The summed E-state index contributed by atoms with van der Waals surface area (Å²) < 4.78 is 5.63. The SMILES string of the molecule is CN1CCCCC1COc1cnc(C(N)=NO)cn1. The van der Waals surface area contributed by atoms with Crippen molar-refractivity contribution in [1.82, 2.24) is 14.9 Å². The number of nitrogens with two attached hydrogens (primary N) is 1. The quantitative estimate of drug-likeness (QED) is 0.355. The van der Waals surface area contributed by atoms with Crippen molar-refractivity contribution < 1.29 is 9.94 Å². The van der Waals surface area contributed by atoms with Gasteiger partial charge in [0.2, 0.25) is 5.88 Å². The Bertz CT molecular complexity index is 434. The zero-order valence-corrected chi connectivity index (χ0v) is 11.0. The Hall–Kier alpha value is -1.89. The van der Waals surface area contributed by atoms with E-state index in [9.17, 15) is 0 Å². The average Bonchev–Trinajstić information content (AvgIpc) is 2.46. The Kier molecular flexibility index (Phi) is 4.51. The molecule has 7 nitrogen and oxygen atoms in total. The molecule has 1 atom stereocenters. The van der Waals surface area contributed by atoms with Gasteiger partial charge in [0.25, 0.3) is 0 Å². The fourth-order valence-electron chi connectivity index (χ4n) is 2.11. The molecule has 0 bridgehead atoms. The van der Waals surface area contributed by atoms with Crippen molar-refractivity contribution in [3.8, 4) is 5.88 Å². The topological polar surface area (TPSA) is 96.9 Å². The van der Waals surface area contributed by atoms with Crippen molar-refractivity contribution in [1.29, 1.82) is 0 Å². The van der Waals surface area contributed by atoms with E-state index in [4.69, 9.17) is 15.7 Å². The number of hydrogen-bond donors (Lipinski definition) is 2. The van der Waals surface area contributed by atoms with Gasteiger partial charge in [-0.3, -0.25) is 0 Å².